The number of fused-ring (bicyclic) bond motifs is 1. The van der Waals surface area contributed by atoms with Crippen LogP contribution in [0.3, 0.4) is 0 Å². The molecular formula is C27H36ClFN4O3. The summed E-state index contributed by atoms with van der Waals surface area (Å²) in [5.74, 6) is -0.937. The van der Waals surface area contributed by atoms with Gasteiger partial charge in [0.15, 0.2) is 11.6 Å². The predicted molar refractivity (Wildman–Crippen MR) is 139 cm³/mol. The molecule has 2 heterocycles. The van der Waals surface area contributed by atoms with Gasteiger partial charge in [0.2, 0.25) is 11.8 Å². The molecular weight excluding hydrogens is 483 g/mol. The van der Waals surface area contributed by atoms with Crippen molar-refractivity contribution in [1.82, 2.24) is 20.1 Å². The number of benzene rings is 1. The summed E-state index contributed by atoms with van der Waals surface area (Å²) in [7, 11) is 1.73. The number of aromatic nitrogens is 1. The zero-order valence-corrected chi connectivity index (χ0v) is 22.0. The molecule has 2 amide bonds. The maximum Gasteiger partial charge on any atom is 0.245 e. The quantitative estimate of drug-likeness (QED) is 0.510. The van der Waals surface area contributed by atoms with Gasteiger partial charge in [-0.25, -0.2) is 4.39 Å². The number of nitrogens with zero attached hydrogens (tertiary/aromatic N) is 2. The van der Waals surface area contributed by atoms with Gasteiger partial charge in [-0.15, -0.1) is 0 Å². The topological polar surface area (TPSA) is 83.4 Å². The van der Waals surface area contributed by atoms with Crippen molar-refractivity contribution in [3.8, 4) is 0 Å². The van der Waals surface area contributed by atoms with Crippen molar-refractivity contribution >= 4 is 40.1 Å². The molecule has 9 heteroatoms. The van der Waals surface area contributed by atoms with Gasteiger partial charge in [-0.1, -0.05) is 30.9 Å². The number of carbonyl (C=O) groups excluding carboxylic acids is 3. The van der Waals surface area contributed by atoms with E-state index in [1.54, 1.807) is 26.2 Å². The molecule has 36 heavy (non-hydrogen) atoms. The van der Waals surface area contributed by atoms with Crippen LogP contribution in [0.4, 0.5) is 4.39 Å². The molecule has 2 fully saturated rings. The Morgan fingerprint density at radius 1 is 1.14 bits per heavy atom. The second-order valence-corrected chi connectivity index (χ2v) is 10.6. The van der Waals surface area contributed by atoms with Gasteiger partial charge in [0, 0.05) is 36.3 Å². The van der Waals surface area contributed by atoms with Crippen LogP contribution in [0, 0.1) is 11.7 Å². The number of rotatable bonds is 8. The molecule has 1 aromatic carbocycles. The first-order valence-electron chi connectivity index (χ1n) is 13.0. The average Bonchev–Trinajstić information content (AvgIpc) is 3.49. The molecule has 3 atom stereocenters. The summed E-state index contributed by atoms with van der Waals surface area (Å²) >= 11 is 6.00. The normalized spacial score (nSPS) is 20.5. The third-order valence-corrected chi connectivity index (χ3v) is 8.19. The number of hydrogen-bond acceptors (Lipinski definition) is 4. The van der Waals surface area contributed by atoms with Gasteiger partial charge in [0.05, 0.1) is 16.6 Å². The Kier molecular flexibility index (Phi) is 8.35. The number of hydrogen-bond donors (Lipinski definition) is 2. The summed E-state index contributed by atoms with van der Waals surface area (Å²) in [6.45, 7) is 4.25. The Balaban J connectivity index is 1.61. The standard InChI is InChI=1S/C27H36ClFN4O3/c1-16(30-3)26(35)31-25(18-8-5-4-6-9-18)27(36)33-13-7-10-19(33)14-32-15-20(17(2)34)23-22(32)12-11-21(28)24(23)29/h11-12,15-16,18-19,25,30H,4-10,13-14H2,1-3H3,(H,31,35)/t16-,19-,25-/m0/s1. The highest BCUT2D eigenvalue weighted by atomic mass is 35.5. The molecule has 2 aromatic rings. The highest BCUT2D eigenvalue weighted by molar-refractivity contribution is 6.31. The maximum absolute atomic E-state index is 14.9. The minimum atomic E-state index is -0.601. The Hall–Kier alpha value is -2.45. The second kappa shape index (κ2) is 11.3. The molecule has 1 aliphatic heterocycles. The van der Waals surface area contributed by atoms with Crippen molar-refractivity contribution in [3.63, 3.8) is 0 Å². The van der Waals surface area contributed by atoms with E-state index in [1.165, 1.54) is 13.0 Å². The average molecular weight is 519 g/mol. The number of likely N-dealkylation sites (tertiary alicyclic amines) is 1. The molecule has 7 nitrogen and oxygen atoms in total. The third-order valence-electron chi connectivity index (χ3n) is 7.89. The second-order valence-electron chi connectivity index (χ2n) is 10.2. The molecule has 1 aliphatic carbocycles. The number of Topliss-reactive ketones (excluding diaryl/α,β-unsaturated/α-hetero) is 1. The highest BCUT2D eigenvalue weighted by Crippen LogP contribution is 2.32. The number of ketones is 1. The van der Waals surface area contributed by atoms with Crippen molar-refractivity contribution in [1.29, 1.82) is 0 Å². The van der Waals surface area contributed by atoms with Crippen LogP contribution >= 0.6 is 11.6 Å². The van der Waals surface area contributed by atoms with E-state index in [0.29, 0.717) is 18.6 Å². The van der Waals surface area contributed by atoms with Crippen molar-refractivity contribution in [2.75, 3.05) is 13.6 Å². The first kappa shape index (κ1) is 26.6. The van der Waals surface area contributed by atoms with Gasteiger partial charge in [-0.05, 0) is 64.6 Å². The number of likely N-dealkylation sites (N-methyl/N-ethyl adjacent to an activating group) is 1. The Labute approximate surface area is 216 Å². The summed E-state index contributed by atoms with van der Waals surface area (Å²) in [6, 6.07) is 2.15. The molecule has 1 aromatic heterocycles. The molecule has 196 valence electrons. The Morgan fingerprint density at radius 2 is 1.86 bits per heavy atom. The number of halogens is 2. The fraction of sp³-hybridized carbons (Fsp3) is 0.593. The predicted octanol–water partition coefficient (Wildman–Crippen LogP) is 4.30. The van der Waals surface area contributed by atoms with Gasteiger partial charge in [0.1, 0.15) is 6.04 Å². The molecule has 2 aliphatic rings. The van der Waals surface area contributed by atoms with E-state index in [1.807, 2.05) is 9.47 Å². The molecule has 4 rings (SSSR count). The largest absolute Gasteiger partial charge is 0.345 e. The van der Waals surface area contributed by atoms with Crippen LogP contribution in [-0.2, 0) is 16.1 Å². The van der Waals surface area contributed by atoms with Gasteiger partial charge >= 0.3 is 0 Å². The summed E-state index contributed by atoms with van der Waals surface area (Å²) in [4.78, 5) is 40.8. The molecule has 1 saturated heterocycles. The first-order chi connectivity index (χ1) is 17.2. The van der Waals surface area contributed by atoms with Gasteiger partial charge in [-0.2, -0.15) is 0 Å². The van der Waals surface area contributed by atoms with E-state index < -0.39 is 17.9 Å². The minimum absolute atomic E-state index is 0.0257. The zero-order valence-electron chi connectivity index (χ0n) is 21.3. The van der Waals surface area contributed by atoms with Gasteiger partial charge < -0.3 is 20.1 Å². The van der Waals surface area contributed by atoms with Crippen LogP contribution in [0.15, 0.2) is 18.3 Å². The van der Waals surface area contributed by atoms with Gasteiger partial charge in [0.25, 0.3) is 0 Å². The highest BCUT2D eigenvalue weighted by Gasteiger charge is 2.39. The molecule has 0 radical (unpaired) electrons. The van der Waals surface area contributed by atoms with E-state index in [9.17, 15) is 18.8 Å². The van der Waals surface area contributed by atoms with E-state index in [4.69, 9.17) is 11.6 Å². The van der Waals surface area contributed by atoms with E-state index in [2.05, 4.69) is 10.6 Å². The summed E-state index contributed by atoms with van der Waals surface area (Å²) in [5, 5.41) is 6.20. The molecule has 0 unspecified atom stereocenters. The lowest BCUT2D eigenvalue weighted by Gasteiger charge is -2.35. The minimum Gasteiger partial charge on any atom is -0.345 e. The lowest BCUT2D eigenvalue weighted by molar-refractivity contribution is -0.139. The van der Waals surface area contributed by atoms with Crippen molar-refractivity contribution in [2.45, 2.75) is 83.5 Å². The molecule has 0 spiro atoms. The summed E-state index contributed by atoms with van der Waals surface area (Å²) in [6.07, 6.45) is 8.45. The third kappa shape index (κ3) is 5.30. The smallest absolute Gasteiger partial charge is 0.245 e. The molecule has 0 bridgehead atoms. The molecule has 2 N–H and O–H groups in total. The van der Waals surface area contributed by atoms with Crippen molar-refractivity contribution in [3.05, 3.63) is 34.7 Å². The van der Waals surface area contributed by atoms with Crippen LogP contribution in [-0.4, -0.2) is 58.8 Å². The number of nitrogens with one attached hydrogen (secondary N) is 2. The fourth-order valence-electron chi connectivity index (χ4n) is 5.72. The van der Waals surface area contributed by atoms with Crippen LogP contribution in [0.5, 0.6) is 0 Å². The monoisotopic (exact) mass is 518 g/mol. The number of carbonyl (C=O) groups is 3. The van der Waals surface area contributed by atoms with Gasteiger partial charge in [-0.3, -0.25) is 14.4 Å². The van der Waals surface area contributed by atoms with Crippen LogP contribution in [0.2, 0.25) is 5.02 Å². The first-order valence-corrected chi connectivity index (χ1v) is 13.4. The van der Waals surface area contributed by atoms with Crippen LogP contribution in [0.1, 0.15) is 69.2 Å². The van der Waals surface area contributed by atoms with E-state index >= 15 is 0 Å². The van der Waals surface area contributed by atoms with Crippen molar-refractivity contribution < 1.29 is 18.8 Å². The van der Waals surface area contributed by atoms with Crippen LogP contribution < -0.4 is 10.6 Å². The Bertz CT molecular complexity index is 1140. The fourth-order valence-corrected chi connectivity index (χ4v) is 5.88. The molecule has 1 saturated carbocycles. The van der Waals surface area contributed by atoms with Crippen LogP contribution in [0.25, 0.3) is 10.9 Å². The maximum atomic E-state index is 14.9. The lowest BCUT2D eigenvalue weighted by atomic mass is 9.83. The van der Waals surface area contributed by atoms with E-state index in [-0.39, 0.29) is 45.5 Å². The van der Waals surface area contributed by atoms with E-state index in [0.717, 1.165) is 44.9 Å². The van der Waals surface area contributed by atoms with Crippen molar-refractivity contribution in [2.24, 2.45) is 5.92 Å². The summed E-state index contributed by atoms with van der Waals surface area (Å²) in [5.41, 5.74) is 0.871. The summed E-state index contributed by atoms with van der Waals surface area (Å²) < 4.78 is 16.7. The Morgan fingerprint density at radius 3 is 2.53 bits per heavy atom. The number of amides is 2. The SMILES string of the molecule is CN[C@@H](C)C(=O)N[C@H](C(=O)N1CCC[C@H]1Cn1cc(C(C)=O)c2c(F)c(Cl)ccc21)C1CCCCC1. The zero-order chi connectivity index (χ0) is 26.0. The lowest BCUT2D eigenvalue weighted by Crippen LogP contribution is -2.56.